The standard InChI is InChI=1S/C22H29F3N6O2/c1-21(2,3)33-20(32)28-11-17-30-16-10-27-19-15(8-9-26-19)18(16)31(17)14-6-4-13(5-7-14)29-12-22(23,24)25/h8-10,13-14,29H,4-7,11-12H2,1-3H3,(H,26,27)(H,28,32). The number of rotatable bonds is 5. The predicted molar refractivity (Wildman–Crippen MR) is 118 cm³/mol. The number of nitrogens with one attached hydrogen (secondary N) is 3. The Morgan fingerprint density at radius 2 is 1.97 bits per heavy atom. The lowest BCUT2D eigenvalue weighted by Crippen LogP contribution is -2.39. The Morgan fingerprint density at radius 1 is 1.24 bits per heavy atom. The van der Waals surface area contributed by atoms with E-state index in [1.807, 2.05) is 12.3 Å². The number of carbonyl (C=O) groups excluding carboxylic acids is 1. The van der Waals surface area contributed by atoms with E-state index in [1.165, 1.54) is 0 Å². The highest BCUT2D eigenvalue weighted by Gasteiger charge is 2.31. The zero-order valence-corrected chi connectivity index (χ0v) is 18.9. The molecule has 1 fully saturated rings. The number of imidazole rings is 1. The number of hydrogen-bond acceptors (Lipinski definition) is 5. The van der Waals surface area contributed by atoms with Crippen LogP contribution < -0.4 is 10.6 Å². The molecule has 3 aromatic heterocycles. The van der Waals surface area contributed by atoms with Crippen LogP contribution in [0, 0.1) is 0 Å². The van der Waals surface area contributed by atoms with Gasteiger partial charge in [0.2, 0.25) is 0 Å². The van der Waals surface area contributed by atoms with Gasteiger partial charge in [-0.3, -0.25) is 0 Å². The van der Waals surface area contributed by atoms with Crippen molar-refractivity contribution in [1.82, 2.24) is 30.2 Å². The van der Waals surface area contributed by atoms with Crippen LogP contribution in [0.5, 0.6) is 0 Å². The first kappa shape index (κ1) is 23.3. The molecule has 0 aromatic carbocycles. The summed E-state index contributed by atoms with van der Waals surface area (Å²) < 4.78 is 45.2. The van der Waals surface area contributed by atoms with Crippen LogP contribution in [-0.2, 0) is 11.3 Å². The Kier molecular flexibility index (Phi) is 6.26. The topological polar surface area (TPSA) is 96.9 Å². The normalized spacial score (nSPS) is 19.8. The van der Waals surface area contributed by atoms with E-state index in [4.69, 9.17) is 9.72 Å². The van der Waals surface area contributed by atoms with Crippen molar-refractivity contribution >= 4 is 28.2 Å². The molecule has 0 saturated heterocycles. The molecule has 0 unspecified atom stereocenters. The highest BCUT2D eigenvalue weighted by atomic mass is 19.4. The van der Waals surface area contributed by atoms with Crippen LogP contribution in [0.1, 0.15) is 58.3 Å². The second-order valence-corrected chi connectivity index (χ2v) is 9.49. The van der Waals surface area contributed by atoms with E-state index in [-0.39, 0.29) is 18.6 Å². The van der Waals surface area contributed by atoms with Gasteiger partial charge in [0.25, 0.3) is 0 Å². The number of nitrogens with zero attached hydrogens (tertiary/aromatic N) is 3. The maximum absolute atomic E-state index is 12.6. The van der Waals surface area contributed by atoms with E-state index in [0.717, 1.165) is 16.6 Å². The van der Waals surface area contributed by atoms with E-state index in [2.05, 4.69) is 25.2 Å². The molecule has 1 saturated carbocycles. The van der Waals surface area contributed by atoms with Gasteiger partial charge in [-0.2, -0.15) is 13.2 Å². The van der Waals surface area contributed by atoms with Gasteiger partial charge in [0, 0.05) is 23.7 Å². The first-order valence-corrected chi connectivity index (χ1v) is 11.1. The number of hydrogen-bond donors (Lipinski definition) is 3. The molecule has 8 nitrogen and oxygen atoms in total. The van der Waals surface area contributed by atoms with Crippen molar-refractivity contribution < 1.29 is 22.7 Å². The third-order valence-corrected chi connectivity index (χ3v) is 5.75. The summed E-state index contributed by atoms with van der Waals surface area (Å²) in [4.78, 5) is 24.5. The molecular formula is C22H29F3N6O2. The second-order valence-electron chi connectivity index (χ2n) is 9.49. The molecule has 1 aliphatic carbocycles. The Morgan fingerprint density at radius 3 is 2.64 bits per heavy atom. The molecule has 1 aliphatic rings. The fraction of sp³-hybridized carbons (Fsp3) is 0.591. The lowest BCUT2D eigenvalue weighted by atomic mass is 9.90. The Hall–Kier alpha value is -2.82. The third-order valence-electron chi connectivity index (χ3n) is 5.75. The fourth-order valence-corrected chi connectivity index (χ4v) is 4.42. The molecule has 0 radical (unpaired) electrons. The van der Waals surface area contributed by atoms with Gasteiger partial charge < -0.3 is 24.9 Å². The average molecular weight is 467 g/mol. The number of ether oxygens (including phenoxy) is 1. The lowest BCUT2D eigenvalue weighted by Gasteiger charge is -2.31. The molecule has 0 atom stereocenters. The minimum absolute atomic E-state index is 0.0508. The van der Waals surface area contributed by atoms with Crippen molar-refractivity contribution in [2.45, 2.75) is 76.9 Å². The maximum Gasteiger partial charge on any atom is 0.408 e. The van der Waals surface area contributed by atoms with Gasteiger partial charge in [-0.25, -0.2) is 14.8 Å². The van der Waals surface area contributed by atoms with E-state index in [9.17, 15) is 18.0 Å². The SMILES string of the molecule is CC(C)(C)OC(=O)NCc1nc2cnc3[nH]ccc3c2n1C1CCC(NCC(F)(F)F)CC1. The van der Waals surface area contributed by atoms with Gasteiger partial charge >= 0.3 is 12.3 Å². The van der Waals surface area contributed by atoms with Crippen molar-refractivity contribution in [1.29, 1.82) is 0 Å². The number of pyridine rings is 1. The Balaban J connectivity index is 1.58. The number of fused-ring (bicyclic) bond motifs is 3. The molecular weight excluding hydrogens is 437 g/mol. The summed E-state index contributed by atoms with van der Waals surface area (Å²) in [5.41, 5.74) is 1.73. The number of carbonyl (C=O) groups is 1. The highest BCUT2D eigenvalue weighted by Crippen LogP contribution is 2.35. The number of aromatic amines is 1. The van der Waals surface area contributed by atoms with Crippen LogP contribution in [-0.4, -0.2) is 50.0 Å². The van der Waals surface area contributed by atoms with Crippen LogP contribution in [0.4, 0.5) is 18.0 Å². The summed E-state index contributed by atoms with van der Waals surface area (Å²) in [5.74, 6) is 0.665. The number of aromatic nitrogens is 4. The van der Waals surface area contributed by atoms with E-state index in [0.29, 0.717) is 37.0 Å². The number of amides is 1. The van der Waals surface area contributed by atoms with Crippen molar-refractivity contribution in [2.24, 2.45) is 0 Å². The highest BCUT2D eigenvalue weighted by molar-refractivity contribution is 6.01. The minimum Gasteiger partial charge on any atom is -0.444 e. The Labute approximate surface area is 189 Å². The van der Waals surface area contributed by atoms with Crippen LogP contribution >= 0.6 is 0 Å². The van der Waals surface area contributed by atoms with Gasteiger partial charge in [-0.05, 0) is 52.5 Å². The number of alkyl halides is 3. The molecule has 1 amide bonds. The first-order chi connectivity index (χ1) is 15.5. The van der Waals surface area contributed by atoms with E-state index < -0.39 is 24.4 Å². The monoisotopic (exact) mass is 466 g/mol. The maximum atomic E-state index is 12.6. The zero-order valence-electron chi connectivity index (χ0n) is 18.9. The summed E-state index contributed by atoms with van der Waals surface area (Å²) in [6.45, 7) is 4.57. The predicted octanol–water partition coefficient (Wildman–Crippen LogP) is 4.57. The van der Waals surface area contributed by atoms with Gasteiger partial charge in [0.1, 0.15) is 22.6 Å². The molecule has 4 rings (SSSR count). The molecule has 0 bridgehead atoms. The molecule has 3 N–H and O–H groups in total. The number of H-pyrrole nitrogens is 1. The lowest BCUT2D eigenvalue weighted by molar-refractivity contribution is -0.126. The fourth-order valence-electron chi connectivity index (χ4n) is 4.42. The van der Waals surface area contributed by atoms with Gasteiger partial charge in [-0.1, -0.05) is 0 Å². The average Bonchev–Trinajstić information content (AvgIpc) is 3.33. The summed E-state index contributed by atoms with van der Waals surface area (Å²) in [6, 6.07) is 1.81. The molecule has 0 aliphatic heterocycles. The van der Waals surface area contributed by atoms with Crippen LogP contribution in [0.25, 0.3) is 22.1 Å². The summed E-state index contributed by atoms with van der Waals surface area (Å²) in [5, 5.41) is 6.32. The summed E-state index contributed by atoms with van der Waals surface area (Å²) in [6.07, 6.45) is 1.41. The Bertz CT molecular complexity index is 1120. The molecule has 3 heterocycles. The summed E-state index contributed by atoms with van der Waals surface area (Å²) >= 11 is 0. The van der Waals surface area contributed by atoms with Gasteiger partial charge in [0.15, 0.2) is 0 Å². The van der Waals surface area contributed by atoms with E-state index in [1.54, 1.807) is 27.0 Å². The number of alkyl carbamates (subject to hydrolysis) is 1. The van der Waals surface area contributed by atoms with Crippen LogP contribution in [0.15, 0.2) is 18.5 Å². The van der Waals surface area contributed by atoms with E-state index >= 15 is 0 Å². The molecule has 3 aromatic rings. The number of halogens is 3. The van der Waals surface area contributed by atoms with Crippen molar-refractivity contribution in [2.75, 3.05) is 6.54 Å². The van der Waals surface area contributed by atoms with Crippen molar-refractivity contribution in [3.63, 3.8) is 0 Å². The second kappa shape index (κ2) is 8.85. The van der Waals surface area contributed by atoms with Gasteiger partial charge in [-0.15, -0.1) is 0 Å². The molecule has 180 valence electrons. The smallest absolute Gasteiger partial charge is 0.408 e. The minimum atomic E-state index is -4.22. The van der Waals surface area contributed by atoms with Crippen molar-refractivity contribution in [3.05, 3.63) is 24.3 Å². The molecule has 33 heavy (non-hydrogen) atoms. The molecule has 0 spiro atoms. The quantitative estimate of drug-likeness (QED) is 0.512. The van der Waals surface area contributed by atoms with Crippen LogP contribution in [0.2, 0.25) is 0 Å². The third kappa shape index (κ3) is 5.58. The summed E-state index contributed by atoms with van der Waals surface area (Å²) in [7, 11) is 0. The van der Waals surface area contributed by atoms with Crippen LogP contribution in [0.3, 0.4) is 0 Å². The first-order valence-electron chi connectivity index (χ1n) is 11.1. The largest absolute Gasteiger partial charge is 0.444 e. The van der Waals surface area contributed by atoms with Gasteiger partial charge in [0.05, 0.1) is 24.8 Å². The van der Waals surface area contributed by atoms with Crippen molar-refractivity contribution in [3.8, 4) is 0 Å². The molecule has 11 heteroatoms. The zero-order chi connectivity index (χ0) is 23.8.